The maximum atomic E-state index is 9.87. The molecule has 4 nitrogen and oxygen atoms in total. The number of aromatic nitrogens is 2. The normalized spacial score (nSPS) is 14.6. The van der Waals surface area contributed by atoms with Gasteiger partial charge >= 0.3 is 55.4 Å². The van der Waals surface area contributed by atoms with Gasteiger partial charge in [0.25, 0.3) is 0 Å². The van der Waals surface area contributed by atoms with E-state index in [1.807, 2.05) is 24.3 Å². The molecule has 0 aliphatic carbocycles. The first-order chi connectivity index (χ1) is 10.4. The van der Waals surface area contributed by atoms with E-state index in [9.17, 15) is 25.2 Å². The summed E-state index contributed by atoms with van der Waals surface area (Å²) in [6.45, 7) is 1.34. The molecule has 0 atom stereocenters. The van der Waals surface area contributed by atoms with Crippen molar-refractivity contribution in [2.24, 2.45) is 9.98 Å². The molecule has 12 heteroatoms. The van der Waals surface area contributed by atoms with Gasteiger partial charge in [-0.15, -0.1) is 11.4 Å². The van der Waals surface area contributed by atoms with Crippen LogP contribution in [0.25, 0.3) is 0 Å². The van der Waals surface area contributed by atoms with Crippen LogP contribution < -0.4 is 9.97 Å². The zero-order chi connectivity index (χ0) is 17.5. The van der Waals surface area contributed by atoms with Gasteiger partial charge in [-0.3, -0.25) is 9.98 Å². The minimum atomic E-state index is -10.7. The number of halogens is 6. The monoisotopic (exact) mass is 554 g/mol. The number of aliphatic imine (C=N–C) groups is 2. The summed E-state index contributed by atoms with van der Waals surface area (Å²) in [4.78, 5) is 16.6. The van der Waals surface area contributed by atoms with E-state index in [0.29, 0.717) is 13.1 Å². The second-order valence-corrected chi connectivity index (χ2v) is 6.07. The number of hydrogen-bond donors (Lipinski definition) is 0. The van der Waals surface area contributed by atoms with E-state index in [1.165, 1.54) is 0 Å². The van der Waals surface area contributed by atoms with Crippen LogP contribution in [-0.2, 0) is 22.4 Å². The second kappa shape index (κ2) is 8.15. The molecule has 24 heavy (non-hydrogen) atoms. The third kappa shape index (κ3) is 17.0. The molecule has 0 fully saturated rings. The van der Waals surface area contributed by atoms with Crippen LogP contribution in [0, 0.1) is 0 Å². The SMILES string of the molecule is C(=NCCN=Cc1ccc[n-]1)c1ccc[n-]1.F[P-](F)(F)(F)(F)F.[Au+3]. The molecule has 0 saturated heterocycles. The van der Waals surface area contributed by atoms with Crippen LogP contribution in [0.2, 0.25) is 0 Å². The summed E-state index contributed by atoms with van der Waals surface area (Å²) in [6, 6.07) is 7.61. The van der Waals surface area contributed by atoms with Crippen molar-refractivity contribution in [3.8, 4) is 0 Å². The van der Waals surface area contributed by atoms with Crippen molar-refractivity contribution < 1.29 is 47.6 Å². The smallest absolute Gasteiger partial charge is 3.00 e. The fourth-order valence-electron chi connectivity index (χ4n) is 1.21. The van der Waals surface area contributed by atoms with Gasteiger partial charge < -0.3 is 9.97 Å². The summed E-state index contributed by atoms with van der Waals surface area (Å²) in [7, 11) is -10.7. The zero-order valence-electron chi connectivity index (χ0n) is 11.8. The Labute approximate surface area is 149 Å². The molecule has 0 spiro atoms. The average Bonchev–Trinajstić information content (AvgIpc) is 3.02. The minimum absolute atomic E-state index is 0. The van der Waals surface area contributed by atoms with E-state index in [4.69, 9.17) is 0 Å². The predicted molar refractivity (Wildman–Crippen MR) is 78.0 cm³/mol. The average molecular weight is 554 g/mol. The second-order valence-electron chi connectivity index (χ2n) is 4.15. The summed E-state index contributed by atoms with van der Waals surface area (Å²) in [5.41, 5.74) is 1.78. The Balaban J connectivity index is 0.000000570. The summed E-state index contributed by atoms with van der Waals surface area (Å²) in [5, 5.41) is 0. The maximum Gasteiger partial charge on any atom is 3.00 e. The van der Waals surface area contributed by atoms with Crippen LogP contribution in [-0.4, -0.2) is 25.5 Å². The first-order valence-corrected chi connectivity index (χ1v) is 8.14. The fourth-order valence-corrected chi connectivity index (χ4v) is 1.21. The molecule has 2 aromatic heterocycles. The van der Waals surface area contributed by atoms with E-state index in [1.54, 1.807) is 24.8 Å². The molecule has 0 N–H and O–H groups in total. The van der Waals surface area contributed by atoms with Gasteiger partial charge in [0.05, 0.1) is 13.1 Å². The summed E-state index contributed by atoms with van der Waals surface area (Å²) < 4.78 is 59.2. The van der Waals surface area contributed by atoms with Crippen LogP contribution in [0.1, 0.15) is 11.4 Å². The van der Waals surface area contributed by atoms with Crippen LogP contribution in [0.4, 0.5) is 25.2 Å². The molecular formula is C12H12AuF6N4P. The predicted octanol–water partition coefficient (Wildman–Crippen LogP) is 4.52. The molecule has 0 bridgehead atoms. The molecule has 0 aromatic carbocycles. The van der Waals surface area contributed by atoms with Gasteiger partial charge in [-0.2, -0.15) is 12.4 Å². The standard InChI is InChI=1S/C12H12N4.Au.F6P/c1-3-11(15-5-1)9-13-7-8-14-10-12-4-2-6-16-12;;1-7(2,3,4,5)6/h1-6,9-10H,7-8H2;;/q-2;+3;-1. The largest absolute Gasteiger partial charge is 3.00 e. The number of rotatable bonds is 5. The molecule has 0 aliphatic heterocycles. The Hall–Kier alpha value is -1.35. The quantitative estimate of drug-likeness (QED) is 0.180. The Bertz CT molecular complexity index is 579. The summed E-state index contributed by atoms with van der Waals surface area (Å²) in [5.74, 6) is 0. The molecule has 0 amide bonds. The summed E-state index contributed by atoms with van der Waals surface area (Å²) in [6.07, 6.45) is 7.02. The van der Waals surface area contributed by atoms with Gasteiger partial charge in [0.2, 0.25) is 0 Å². The third-order valence-electron chi connectivity index (χ3n) is 1.96. The van der Waals surface area contributed by atoms with Crippen molar-refractivity contribution >= 4 is 20.2 Å². The minimum Gasteiger partial charge on any atom is 3.00 e. The Kier molecular flexibility index (Phi) is 7.69. The molecule has 0 aliphatic rings. The molecule has 0 saturated carbocycles. The van der Waals surface area contributed by atoms with Gasteiger partial charge in [0.15, 0.2) is 0 Å². The Morgan fingerprint density at radius 1 is 0.792 bits per heavy atom. The Morgan fingerprint density at radius 3 is 1.38 bits per heavy atom. The van der Waals surface area contributed by atoms with Crippen LogP contribution in [0.5, 0.6) is 0 Å². The van der Waals surface area contributed by atoms with E-state index < -0.39 is 7.81 Å². The van der Waals surface area contributed by atoms with E-state index in [2.05, 4.69) is 20.0 Å². The molecule has 0 unspecified atom stereocenters. The van der Waals surface area contributed by atoms with Gasteiger partial charge in [-0.25, -0.2) is 0 Å². The van der Waals surface area contributed by atoms with Crippen molar-refractivity contribution in [1.29, 1.82) is 0 Å². The molecular weight excluding hydrogens is 542 g/mol. The number of nitrogens with zero attached hydrogens (tertiary/aromatic N) is 4. The van der Waals surface area contributed by atoms with Crippen molar-refractivity contribution in [3.63, 3.8) is 0 Å². The number of hydrogen-bond acceptors (Lipinski definition) is 2. The topological polar surface area (TPSA) is 52.9 Å². The Morgan fingerprint density at radius 2 is 1.12 bits per heavy atom. The fraction of sp³-hybridized carbons (Fsp3) is 0.167. The van der Waals surface area contributed by atoms with E-state index >= 15 is 0 Å². The molecule has 2 rings (SSSR count). The van der Waals surface area contributed by atoms with Crippen LogP contribution in [0.3, 0.4) is 0 Å². The van der Waals surface area contributed by atoms with Crippen molar-refractivity contribution in [2.75, 3.05) is 13.1 Å². The first kappa shape index (κ1) is 22.7. The van der Waals surface area contributed by atoms with Gasteiger partial charge in [0.1, 0.15) is 0 Å². The van der Waals surface area contributed by atoms with Gasteiger partial charge in [0, 0.05) is 12.4 Å². The first-order valence-electron chi connectivity index (χ1n) is 6.11. The zero-order valence-corrected chi connectivity index (χ0v) is 14.9. The van der Waals surface area contributed by atoms with Crippen LogP contribution in [0.15, 0.2) is 46.6 Å². The van der Waals surface area contributed by atoms with Gasteiger partial charge in [-0.1, -0.05) is 24.3 Å². The van der Waals surface area contributed by atoms with Crippen molar-refractivity contribution in [1.82, 2.24) is 9.97 Å². The van der Waals surface area contributed by atoms with Gasteiger partial charge in [-0.05, 0) is 0 Å². The van der Waals surface area contributed by atoms with E-state index in [0.717, 1.165) is 11.4 Å². The van der Waals surface area contributed by atoms with Crippen LogP contribution >= 0.6 is 7.81 Å². The molecule has 2 aromatic rings. The van der Waals surface area contributed by atoms with E-state index in [-0.39, 0.29) is 22.4 Å². The molecule has 0 radical (unpaired) electrons. The molecule has 2 heterocycles. The molecule has 138 valence electrons. The summed E-state index contributed by atoms with van der Waals surface area (Å²) >= 11 is 0. The van der Waals surface area contributed by atoms with Crippen molar-refractivity contribution in [3.05, 3.63) is 48.0 Å². The van der Waals surface area contributed by atoms with Crippen molar-refractivity contribution in [2.45, 2.75) is 0 Å². The maximum absolute atomic E-state index is 10.7. The third-order valence-corrected chi connectivity index (χ3v) is 1.96.